The largest absolute Gasteiger partial charge is 0.503 e. The quantitative estimate of drug-likeness (QED) is 0.464. The minimum Gasteiger partial charge on any atom is -0.503 e. The van der Waals surface area contributed by atoms with Crippen LogP contribution in [0.2, 0.25) is 0 Å². The Labute approximate surface area is 201 Å². The molecule has 34 heavy (non-hydrogen) atoms. The van der Waals surface area contributed by atoms with Crippen molar-refractivity contribution in [3.05, 3.63) is 69.4 Å². The third kappa shape index (κ3) is 4.28. The first-order valence-electron chi connectivity index (χ1n) is 10.8. The Balaban J connectivity index is 1.76. The van der Waals surface area contributed by atoms with Crippen molar-refractivity contribution < 1.29 is 24.2 Å². The van der Waals surface area contributed by atoms with E-state index in [0.29, 0.717) is 47.1 Å². The molecule has 1 N–H and O–H groups in total. The molecule has 4 rings (SSSR count). The summed E-state index contributed by atoms with van der Waals surface area (Å²) in [6, 6.07) is 4.38. The second-order valence-electron chi connectivity index (χ2n) is 7.90. The van der Waals surface area contributed by atoms with E-state index in [9.17, 15) is 14.7 Å². The number of hydrogen-bond donors (Lipinski definition) is 1. The SMILES string of the molecule is COc1ccc(C2C(C(=O)c3sc(C)nc3C)=C(O)C(=O)N2CCCn2ccnc2)c(OC)c1. The molecule has 0 saturated heterocycles. The number of hydrogen-bond acceptors (Lipinski definition) is 8. The van der Waals surface area contributed by atoms with E-state index in [1.165, 1.54) is 23.3 Å². The molecule has 0 fully saturated rings. The molecule has 0 spiro atoms. The number of nitrogens with zero attached hydrogens (tertiary/aromatic N) is 4. The first kappa shape index (κ1) is 23.5. The number of rotatable bonds is 9. The van der Waals surface area contributed by atoms with Gasteiger partial charge in [-0.05, 0) is 32.4 Å². The first-order valence-corrected chi connectivity index (χ1v) is 11.6. The van der Waals surface area contributed by atoms with E-state index < -0.39 is 23.5 Å². The van der Waals surface area contributed by atoms with Gasteiger partial charge in [-0.1, -0.05) is 0 Å². The summed E-state index contributed by atoms with van der Waals surface area (Å²) in [5.41, 5.74) is 1.19. The standard InChI is InChI=1S/C24H26N4O5S/c1-14-23(34-15(2)26-14)21(29)19-20(17-7-6-16(32-3)12-18(17)33-4)28(24(31)22(19)30)10-5-9-27-11-8-25-13-27/h6-8,11-13,20,30H,5,9-10H2,1-4H3. The number of benzene rings is 1. The van der Waals surface area contributed by atoms with Crippen LogP contribution in [0.3, 0.4) is 0 Å². The van der Waals surface area contributed by atoms with E-state index in [-0.39, 0.29) is 5.57 Å². The van der Waals surface area contributed by atoms with Gasteiger partial charge in [-0.2, -0.15) is 0 Å². The Kier molecular flexibility index (Phi) is 6.69. The number of aryl methyl sites for hydroxylation is 3. The highest BCUT2D eigenvalue weighted by Crippen LogP contribution is 2.44. The van der Waals surface area contributed by atoms with Crippen LogP contribution in [0.25, 0.3) is 0 Å². The summed E-state index contributed by atoms with van der Waals surface area (Å²) in [5, 5.41) is 11.6. The summed E-state index contributed by atoms with van der Waals surface area (Å²) < 4.78 is 12.8. The number of aliphatic hydroxyl groups excluding tert-OH is 1. The number of ether oxygens (including phenoxy) is 2. The van der Waals surface area contributed by atoms with E-state index in [1.807, 2.05) is 17.7 Å². The van der Waals surface area contributed by atoms with Gasteiger partial charge in [0, 0.05) is 37.1 Å². The van der Waals surface area contributed by atoms with E-state index in [0.717, 1.165) is 5.01 Å². The molecule has 0 radical (unpaired) electrons. The molecule has 1 amide bonds. The molecule has 1 unspecified atom stereocenters. The molecule has 0 saturated carbocycles. The molecule has 0 aliphatic carbocycles. The van der Waals surface area contributed by atoms with Gasteiger partial charge in [0.15, 0.2) is 5.76 Å². The highest BCUT2D eigenvalue weighted by Gasteiger charge is 2.45. The smallest absolute Gasteiger partial charge is 0.290 e. The third-order valence-corrected chi connectivity index (χ3v) is 6.84. The number of ketones is 1. The zero-order valence-electron chi connectivity index (χ0n) is 19.4. The van der Waals surface area contributed by atoms with Crippen LogP contribution in [0.5, 0.6) is 11.5 Å². The van der Waals surface area contributed by atoms with Gasteiger partial charge in [0.2, 0.25) is 5.78 Å². The fourth-order valence-corrected chi connectivity index (χ4v) is 5.06. The number of aromatic nitrogens is 3. The molecule has 1 atom stereocenters. The number of carbonyl (C=O) groups excluding carboxylic acids is 2. The third-order valence-electron chi connectivity index (χ3n) is 5.77. The van der Waals surface area contributed by atoms with Crippen molar-refractivity contribution in [2.24, 2.45) is 0 Å². The molecule has 3 heterocycles. The lowest BCUT2D eigenvalue weighted by Crippen LogP contribution is -2.32. The van der Waals surface area contributed by atoms with E-state index >= 15 is 0 Å². The molecule has 2 aromatic heterocycles. The van der Waals surface area contributed by atoms with Crippen molar-refractivity contribution in [2.45, 2.75) is 32.9 Å². The van der Waals surface area contributed by atoms with Gasteiger partial charge in [0.05, 0.1) is 47.7 Å². The van der Waals surface area contributed by atoms with E-state index in [2.05, 4.69) is 9.97 Å². The van der Waals surface area contributed by atoms with Crippen molar-refractivity contribution >= 4 is 23.0 Å². The Morgan fingerprint density at radius 2 is 2.00 bits per heavy atom. The highest BCUT2D eigenvalue weighted by molar-refractivity contribution is 7.14. The number of thiazole rings is 1. The van der Waals surface area contributed by atoms with Crippen molar-refractivity contribution in [3.63, 3.8) is 0 Å². The molecule has 1 aromatic carbocycles. The minimum atomic E-state index is -0.814. The van der Waals surface area contributed by atoms with Crippen molar-refractivity contribution in [2.75, 3.05) is 20.8 Å². The zero-order chi connectivity index (χ0) is 24.4. The number of aliphatic hydroxyl groups is 1. The van der Waals surface area contributed by atoms with Crippen LogP contribution in [0, 0.1) is 13.8 Å². The van der Waals surface area contributed by atoms with Crippen molar-refractivity contribution in [3.8, 4) is 11.5 Å². The maximum atomic E-state index is 13.6. The van der Waals surface area contributed by atoms with Crippen LogP contribution < -0.4 is 9.47 Å². The Morgan fingerprint density at radius 3 is 2.62 bits per heavy atom. The van der Waals surface area contributed by atoms with E-state index in [1.54, 1.807) is 44.8 Å². The molecule has 178 valence electrons. The van der Waals surface area contributed by atoms with Gasteiger partial charge in [-0.15, -0.1) is 11.3 Å². The molecular formula is C24H26N4O5S. The number of methoxy groups -OCH3 is 2. The normalized spacial score (nSPS) is 15.8. The maximum absolute atomic E-state index is 13.6. The highest BCUT2D eigenvalue weighted by atomic mass is 32.1. The van der Waals surface area contributed by atoms with Crippen LogP contribution in [0.15, 0.2) is 48.3 Å². The van der Waals surface area contributed by atoms with Gasteiger partial charge in [0.1, 0.15) is 11.5 Å². The van der Waals surface area contributed by atoms with Crippen LogP contribution in [0.4, 0.5) is 0 Å². The Bertz CT molecular complexity index is 1250. The summed E-state index contributed by atoms with van der Waals surface area (Å²) in [5.74, 6) is -0.508. The molecule has 10 heteroatoms. The van der Waals surface area contributed by atoms with Crippen LogP contribution >= 0.6 is 11.3 Å². The second kappa shape index (κ2) is 9.68. The Morgan fingerprint density at radius 1 is 1.21 bits per heavy atom. The summed E-state index contributed by atoms with van der Waals surface area (Å²) in [6.07, 6.45) is 5.84. The molecular weight excluding hydrogens is 456 g/mol. The van der Waals surface area contributed by atoms with Crippen molar-refractivity contribution in [1.82, 2.24) is 19.4 Å². The van der Waals surface area contributed by atoms with Gasteiger partial charge in [-0.3, -0.25) is 9.59 Å². The molecule has 1 aliphatic rings. The van der Waals surface area contributed by atoms with Gasteiger partial charge in [-0.25, -0.2) is 9.97 Å². The topological polar surface area (TPSA) is 107 Å². The molecule has 0 bridgehead atoms. The predicted molar refractivity (Wildman–Crippen MR) is 126 cm³/mol. The monoisotopic (exact) mass is 482 g/mol. The maximum Gasteiger partial charge on any atom is 0.290 e. The summed E-state index contributed by atoms with van der Waals surface area (Å²) in [7, 11) is 3.06. The number of Topliss-reactive ketones (excluding diaryl/α,β-unsaturated/α-hetero) is 1. The van der Waals surface area contributed by atoms with Crippen LogP contribution in [-0.2, 0) is 11.3 Å². The summed E-state index contributed by atoms with van der Waals surface area (Å²) in [4.78, 5) is 37.2. The first-order chi connectivity index (χ1) is 16.3. The lowest BCUT2D eigenvalue weighted by molar-refractivity contribution is -0.129. The van der Waals surface area contributed by atoms with Gasteiger partial charge < -0.3 is 24.0 Å². The lowest BCUT2D eigenvalue weighted by atomic mass is 9.94. The second-order valence-corrected chi connectivity index (χ2v) is 9.11. The minimum absolute atomic E-state index is 0.0304. The molecule has 3 aromatic rings. The predicted octanol–water partition coefficient (Wildman–Crippen LogP) is 3.64. The summed E-state index contributed by atoms with van der Waals surface area (Å²) >= 11 is 1.25. The number of carbonyl (C=O) groups is 2. The van der Waals surface area contributed by atoms with Gasteiger partial charge in [0.25, 0.3) is 5.91 Å². The van der Waals surface area contributed by atoms with Crippen molar-refractivity contribution in [1.29, 1.82) is 0 Å². The fourth-order valence-electron chi connectivity index (χ4n) is 4.19. The zero-order valence-corrected chi connectivity index (χ0v) is 20.3. The number of amides is 1. The lowest BCUT2D eigenvalue weighted by Gasteiger charge is -2.28. The average Bonchev–Trinajstić information content (AvgIpc) is 3.53. The van der Waals surface area contributed by atoms with Gasteiger partial charge >= 0.3 is 0 Å². The van der Waals surface area contributed by atoms with Crippen LogP contribution in [0.1, 0.15) is 38.4 Å². The summed E-state index contributed by atoms with van der Waals surface area (Å²) in [6.45, 7) is 4.51. The average molecular weight is 483 g/mol. The molecule has 9 nitrogen and oxygen atoms in total. The van der Waals surface area contributed by atoms with Crippen LogP contribution in [-0.4, -0.2) is 57.0 Å². The Hall–Kier alpha value is -3.66. The number of imidazole rings is 1. The molecule has 1 aliphatic heterocycles. The fraction of sp³-hybridized carbons (Fsp3) is 0.333. The van der Waals surface area contributed by atoms with E-state index in [4.69, 9.17) is 9.47 Å².